The maximum Gasteiger partial charge on any atom is 0.359 e. The topological polar surface area (TPSA) is 90.3 Å². The molecule has 1 amide bonds. The van der Waals surface area contributed by atoms with Gasteiger partial charge in [0.1, 0.15) is 16.5 Å². The lowest BCUT2D eigenvalue weighted by molar-refractivity contribution is 0.0519. The fourth-order valence-corrected chi connectivity index (χ4v) is 4.11. The maximum absolute atomic E-state index is 14.4. The number of halogens is 2. The van der Waals surface area contributed by atoms with Crippen molar-refractivity contribution in [3.63, 3.8) is 0 Å². The number of rotatable bonds is 5. The summed E-state index contributed by atoms with van der Waals surface area (Å²) in [6, 6.07) is 11.8. The van der Waals surface area contributed by atoms with Crippen molar-refractivity contribution in [2.24, 2.45) is 0 Å². The molecule has 2 aromatic carbocycles. The van der Waals surface area contributed by atoms with Crippen LogP contribution in [0.5, 0.6) is 0 Å². The molecule has 0 unspecified atom stereocenters. The fraction of sp³-hybridized carbons (Fsp3) is 0.0909. The van der Waals surface area contributed by atoms with Crippen LogP contribution in [0.25, 0.3) is 16.5 Å². The van der Waals surface area contributed by atoms with Crippen LogP contribution in [0.2, 0.25) is 5.02 Å². The largest absolute Gasteiger partial charge is 0.461 e. The molecule has 0 aliphatic carbocycles. The normalized spacial score (nSPS) is 10.8. The molecule has 0 bridgehead atoms. The number of para-hydroxylation sites is 1. The molecule has 0 radical (unpaired) electrons. The molecule has 0 saturated carbocycles. The van der Waals surface area contributed by atoms with E-state index in [9.17, 15) is 18.8 Å². The van der Waals surface area contributed by atoms with E-state index in [0.29, 0.717) is 10.6 Å². The third kappa shape index (κ3) is 4.00. The number of hydrogen-bond donors (Lipinski definition) is 1. The van der Waals surface area contributed by atoms with Crippen LogP contribution in [0, 0.1) is 5.82 Å². The summed E-state index contributed by atoms with van der Waals surface area (Å²) in [7, 11) is 0. The van der Waals surface area contributed by atoms with Gasteiger partial charge in [-0.2, -0.15) is 9.78 Å². The number of carbonyl (C=O) groups is 2. The lowest BCUT2D eigenvalue weighted by Crippen LogP contribution is -2.26. The number of thiophene rings is 1. The quantitative estimate of drug-likeness (QED) is 0.427. The highest BCUT2D eigenvalue weighted by atomic mass is 35.5. The van der Waals surface area contributed by atoms with E-state index >= 15 is 0 Å². The number of amides is 1. The van der Waals surface area contributed by atoms with Crippen molar-refractivity contribution in [1.82, 2.24) is 9.78 Å². The van der Waals surface area contributed by atoms with Crippen molar-refractivity contribution < 1.29 is 18.7 Å². The summed E-state index contributed by atoms with van der Waals surface area (Å²) < 4.78 is 20.3. The summed E-state index contributed by atoms with van der Waals surface area (Å²) >= 11 is 6.91. The third-order valence-corrected chi connectivity index (χ3v) is 5.68. The van der Waals surface area contributed by atoms with Crippen LogP contribution in [0.3, 0.4) is 0 Å². The molecule has 0 saturated heterocycles. The van der Waals surface area contributed by atoms with E-state index in [-0.39, 0.29) is 33.8 Å². The van der Waals surface area contributed by atoms with Crippen molar-refractivity contribution in [3.05, 3.63) is 86.4 Å². The average molecular weight is 472 g/mol. The zero-order chi connectivity index (χ0) is 22.8. The molecule has 0 fully saturated rings. The van der Waals surface area contributed by atoms with Crippen LogP contribution in [-0.2, 0) is 4.74 Å². The number of aromatic nitrogens is 2. The number of ether oxygens (including phenoxy) is 1. The number of esters is 1. The summed E-state index contributed by atoms with van der Waals surface area (Å²) in [5.41, 5.74) is -0.657. The number of anilines is 1. The van der Waals surface area contributed by atoms with Gasteiger partial charge in [-0.3, -0.25) is 9.59 Å². The van der Waals surface area contributed by atoms with Gasteiger partial charge < -0.3 is 10.1 Å². The van der Waals surface area contributed by atoms with Crippen LogP contribution < -0.4 is 10.9 Å². The molecule has 32 heavy (non-hydrogen) atoms. The first-order chi connectivity index (χ1) is 15.4. The van der Waals surface area contributed by atoms with Crippen molar-refractivity contribution in [2.75, 3.05) is 11.9 Å². The molecule has 7 nitrogen and oxygen atoms in total. The van der Waals surface area contributed by atoms with E-state index < -0.39 is 23.3 Å². The Morgan fingerprint density at radius 3 is 2.59 bits per heavy atom. The lowest BCUT2D eigenvalue weighted by Gasteiger charge is -2.10. The van der Waals surface area contributed by atoms with E-state index in [2.05, 4.69) is 10.4 Å². The minimum atomic E-state index is -0.768. The second-order valence-corrected chi connectivity index (χ2v) is 7.87. The predicted octanol–water partition coefficient (Wildman–Crippen LogP) is 4.67. The summed E-state index contributed by atoms with van der Waals surface area (Å²) in [4.78, 5) is 38.5. The van der Waals surface area contributed by atoms with Gasteiger partial charge in [0.25, 0.3) is 11.5 Å². The van der Waals surface area contributed by atoms with Gasteiger partial charge in [0.2, 0.25) is 0 Å². The van der Waals surface area contributed by atoms with Crippen molar-refractivity contribution in [1.29, 1.82) is 0 Å². The minimum Gasteiger partial charge on any atom is -0.461 e. The molecule has 0 aliphatic rings. The summed E-state index contributed by atoms with van der Waals surface area (Å²) in [5.74, 6) is -1.94. The number of nitrogens with one attached hydrogen (secondary N) is 1. The third-order valence-electron chi connectivity index (χ3n) is 4.54. The SMILES string of the molecule is CCOC(=O)c1nn(-c2ccccc2F)c(=O)c2c(NC(=O)c3ccc(Cl)cc3)scc12. The first kappa shape index (κ1) is 21.7. The highest BCUT2D eigenvalue weighted by molar-refractivity contribution is 7.16. The monoisotopic (exact) mass is 471 g/mol. The minimum absolute atomic E-state index is 0.0265. The first-order valence-corrected chi connectivity index (χ1v) is 10.7. The molecule has 0 aliphatic heterocycles. The number of nitrogens with zero attached hydrogens (tertiary/aromatic N) is 2. The molecule has 1 N–H and O–H groups in total. The molecule has 162 valence electrons. The molecule has 0 spiro atoms. The zero-order valence-corrected chi connectivity index (χ0v) is 18.2. The van der Waals surface area contributed by atoms with E-state index in [1.165, 1.54) is 41.8 Å². The molecule has 10 heteroatoms. The highest BCUT2D eigenvalue weighted by Gasteiger charge is 2.24. The Morgan fingerprint density at radius 2 is 1.91 bits per heavy atom. The Bertz CT molecular complexity index is 1400. The van der Waals surface area contributed by atoms with Crippen molar-refractivity contribution in [3.8, 4) is 5.69 Å². The van der Waals surface area contributed by atoms with E-state index in [1.54, 1.807) is 19.1 Å². The van der Waals surface area contributed by atoms with Gasteiger partial charge in [0.15, 0.2) is 5.69 Å². The summed E-state index contributed by atoms with van der Waals surface area (Å²) in [5, 5.41) is 9.19. The van der Waals surface area contributed by atoms with E-state index in [4.69, 9.17) is 16.3 Å². The Labute approximate surface area is 190 Å². The van der Waals surface area contributed by atoms with Gasteiger partial charge in [-0.1, -0.05) is 23.7 Å². The van der Waals surface area contributed by atoms with Crippen LogP contribution in [0.15, 0.2) is 58.7 Å². The standard InChI is InChI=1S/C22H15ClFN3O4S/c1-2-31-22(30)18-14-11-32-20(25-19(28)12-7-9-13(23)10-8-12)17(14)21(29)27(26-18)16-6-4-3-5-15(16)24/h3-11H,2H2,1H3,(H,25,28). The summed E-state index contributed by atoms with van der Waals surface area (Å²) in [6.45, 7) is 1.72. The number of hydrogen-bond acceptors (Lipinski definition) is 6. The molecule has 2 heterocycles. The molecule has 0 atom stereocenters. The smallest absolute Gasteiger partial charge is 0.359 e. The van der Waals surface area contributed by atoms with Gasteiger partial charge >= 0.3 is 5.97 Å². The Morgan fingerprint density at radius 1 is 1.19 bits per heavy atom. The van der Waals surface area contributed by atoms with Crippen molar-refractivity contribution in [2.45, 2.75) is 6.92 Å². The molecule has 4 aromatic rings. The van der Waals surface area contributed by atoms with Gasteiger partial charge in [-0.25, -0.2) is 9.18 Å². The molecule has 2 aromatic heterocycles. The Balaban J connectivity index is 1.89. The van der Waals surface area contributed by atoms with Crippen LogP contribution in [0.1, 0.15) is 27.8 Å². The number of fused-ring (bicyclic) bond motifs is 1. The predicted molar refractivity (Wildman–Crippen MR) is 121 cm³/mol. The van der Waals surface area contributed by atoms with Crippen LogP contribution in [-0.4, -0.2) is 28.3 Å². The lowest BCUT2D eigenvalue weighted by atomic mass is 10.2. The highest BCUT2D eigenvalue weighted by Crippen LogP contribution is 2.31. The maximum atomic E-state index is 14.4. The second-order valence-electron chi connectivity index (χ2n) is 6.55. The Kier molecular flexibility index (Phi) is 6.02. The fourth-order valence-electron chi connectivity index (χ4n) is 3.06. The van der Waals surface area contributed by atoms with E-state index in [0.717, 1.165) is 16.0 Å². The molecular formula is C22H15ClFN3O4S. The van der Waals surface area contributed by atoms with Gasteiger partial charge in [-0.05, 0) is 43.3 Å². The van der Waals surface area contributed by atoms with Gasteiger partial charge in [0.05, 0.1) is 12.0 Å². The Hall–Kier alpha value is -3.56. The van der Waals surface area contributed by atoms with Gasteiger partial charge in [0, 0.05) is 21.4 Å². The van der Waals surface area contributed by atoms with Crippen molar-refractivity contribution >= 4 is 50.6 Å². The summed E-state index contributed by atoms with van der Waals surface area (Å²) in [6.07, 6.45) is 0. The van der Waals surface area contributed by atoms with Crippen LogP contribution in [0.4, 0.5) is 9.39 Å². The number of carbonyl (C=O) groups excluding carboxylic acids is 2. The van der Waals surface area contributed by atoms with Gasteiger partial charge in [-0.15, -0.1) is 11.3 Å². The van der Waals surface area contributed by atoms with E-state index in [1.807, 2.05) is 0 Å². The molecule has 4 rings (SSSR count). The second kappa shape index (κ2) is 8.89. The average Bonchev–Trinajstić information content (AvgIpc) is 3.19. The van der Waals surface area contributed by atoms with Crippen LogP contribution >= 0.6 is 22.9 Å². The zero-order valence-electron chi connectivity index (χ0n) is 16.6. The number of benzene rings is 2. The first-order valence-electron chi connectivity index (χ1n) is 9.44. The molecular weight excluding hydrogens is 457 g/mol.